The minimum Gasteiger partial charge on any atom is -0.454 e. The highest BCUT2D eigenvalue weighted by atomic mass is 16.3. The van der Waals surface area contributed by atoms with Crippen LogP contribution < -0.4 is 9.80 Å². The van der Waals surface area contributed by atoms with Crippen molar-refractivity contribution >= 4 is 143 Å². The molecule has 17 rings (SSSR count). The fourth-order valence-corrected chi connectivity index (χ4v) is 12.6. The third kappa shape index (κ3) is 5.75. The van der Waals surface area contributed by atoms with E-state index in [1.54, 1.807) is 0 Å². The number of rotatable bonds is 6. The van der Waals surface area contributed by atoms with Gasteiger partial charge in [-0.15, -0.1) is 0 Å². The minimum atomic E-state index is 0.825. The van der Waals surface area contributed by atoms with Gasteiger partial charge in [0.25, 0.3) is 0 Å². The van der Waals surface area contributed by atoms with Gasteiger partial charge in [-0.05, 0) is 154 Å². The maximum atomic E-state index is 6.82. The molecule has 6 nitrogen and oxygen atoms in total. The number of fused-ring (bicyclic) bond motifs is 18. The Bertz CT molecular complexity index is 4860. The summed E-state index contributed by atoms with van der Waals surface area (Å²) in [5.74, 6) is 0. The Morgan fingerprint density at radius 1 is 0.263 bits per heavy atom. The molecule has 16 aromatic rings. The summed E-state index contributed by atoms with van der Waals surface area (Å²) in [5.41, 5.74) is 19.8. The Labute approximate surface area is 434 Å². The summed E-state index contributed by atoms with van der Waals surface area (Å²) in [5, 5.41) is 13.3. The molecule has 4 aromatic heterocycles. The summed E-state index contributed by atoms with van der Waals surface area (Å²) in [6, 6.07) is 78.0. The SMILES string of the molecule is Cc1ccc2c(oc3ccccc32)c1N(c1ccc2cc3c(cc2c1)-c1cc2cc(N(c4cccc5c4oc4ccccc45)c4c(C)ccc5c4oc4ccccc45)ccc2cc1-3)c1cccc2c1oc1ccccc12. The van der Waals surface area contributed by atoms with Gasteiger partial charge in [-0.25, -0.2) is 0 Å². The number of para-hydroxylation sites is 6. The lowest BCUT2D eigenvalue weighted by atomic mass is 9.78. The average molecular weight is 975 g/mol. The predicted molar refractivity (Wildman–Crippen MR) is 314 cm³/mol. The molecule has 1 aliphatic rings. The molecule has 356 valence electrons. The number of aryl methyl sites for hydroxylation is 2. The zero-order valence-corrected chi connectivity index (χ0v) is 41.3. The third-order valence-electron chi connectivity index (χ3n) is 16.2. The van der Waals surface area contributed by atoms with Crippen LogP contribution in [-0.4, -0.2) is 0 Å². The van der Waals surface area contributed by atoms with Crippen LogP contribution in [0, 0.1) is 13.8 Å². The second-order valence-corrected chi connectivity index (χ2v) is 20.4. The van der Waals surface area contributed by atoms with Crippen molar-refractivity contribution in [1.82, 2.24) is 0 Å². The Morgan fingerprint density at radius 3 is 0.987 bits per heavy atom. The van der Waals surface area contributed by atoms with Crippen LogP contribution >= 0.6 is 0 Å². The largest absolute Gasteiger partial charge is 0.454 e. The maximum Gasteiger partial charge on any atom is 0.159 e. The molecule has 0 fully saturated rings. The Morgan fingerprint density at radius 2 is 0.592 bits per heavy atom. The summed E-state index contributed by atoms with van der Waals surface area (Å²) in [4.78, 5) is 4.69. The molecule has 0 unspecified atom stereocenters. The maximum absolute atomic E-state index is 6.82. The van der Waals surface area contributed by atoms with Crippen molar-refractivity contribution in [3.63, 3.8) is 0 Å². The first-order valence-electron chi connectivity index (χ1n) is 25.9. The number of anilines is 6. The number of hydrogen-bond acceptors (Lipinski definition) is 6. The van der Waals surface area contributed by atoms with Gasteiger partial charge in [0.1, 0.15) is 22.3 Å². The third-order valence-corrected chi connectivity index (χ3v) is 16.2. The van der Waals surface area contributed by atoms with E-state index in [4.69, 9.17) is 17.7 Å². The van der Waals surface area contributed by atoms with Crippen LogP contribution in [0.2, 0.25) is 0 Å². The molecule has 0 saturated carbocycles. The molecule has 1 aliphatic carbocycles. The molecule has 76 heavy (non-hydrogen) atoms. The minimum absolute atomic E-state index is 0.825. The molecule has 0 aliphatic heterocycles. The average Bonchev–Trinajstić information content (AvgIpc) is 4.25. The number of benzene rings is 12. The van der Waals surface area contributed by atoms with Gasteiger partial charge in [-0.1, -0.05) is 133 Å². The lowest BCUT2D eigenvalue weighted by molar-refractivity contribution is 0.665. The fraction of sp³-hybridized carbons (Fsp3) is 0.0286. The molecule has 6 heteroatoms. The molecule has 4 heterocycles. The van der Waals surface area contributed by atoms with Crippen molar-refractivity contribution in [2.45, 2.75) is 13.8 Å². The second-order valence-electron chi connectivity index (χ2n) is 20.4. The molecule has 0 N–H and O–H groups in total. The van der Waals surface area contributed by atoms with E-state index >= 15 is 0 Å². The van der Waals surface area contributed by atoms with Crippen LogP contribution in [-0.2, 0) is 0 Å². The lowest BCUT2D eigenvalue weighted by Gasteiger charge is -2.29. The fourth-order valence-electron chi connectivity index (χ4n) is 12.6. The van der Waals surface area contributed by atoms with Gasteiger partial charge in [0, 0.05) is 54.5 Å². The van der Waals surface area contributed by atoms with E-state index < -0.39 is 0 Å². The topological polar surface area (TPSA) is 59.0 Å². The van der Waals surface area contributed by atoms with E-state index in [1.807, 2.05) is 36.4 Å². The van der Waals surface area contributed by atoms with Crippen LogP contribution in [0.5, 0.6) is 0 Å². The molecule has 0 spiro atoms. The quantitative estimate of drug-likeness (QED) is 0.165. The number of nitrogens with zero attached hydrogens (tertiary/aromatic N) is 2. The monoisotopic (exact) mass is 974 g/mol. The van der Waals surface area contributed by atoms with Crippen molar-refractivity contribution in [3.05, 3.63) is 230 Å². The zero-order valence-electron chi connectivity index (χ0n) is 41.3. The van der Waals surface area contributed by atoms with Crippen molar-refractivity contribution in [2.75, 3.05) is 9.80 Å². The Balaban J connectivity index is 0.839. The first kappa shape index (κ1) is 41.4. The molecule has 0 bridgehead atoms. The highest BCUT2D eigenvalue weighted by Gasteiger charge is 2.29. The van der Waals surface area contributed by atoms with Crippen molar-refractivity contribution in [2.24, 2.45) is 0 Å². The summed E-state index contributed by atoms with van der Waals surface area (Å²) in [7, 11) is 0. The van der Waals surface area contributed by atoms with Crippen LogP contribution in [0.3, 0.4) is 0 Å². The Kier molecular flexibility index (Phi) is 8.32. The van der Waals surface area contributed by atoms with Gasteiger partial charge in [0.05, 0.1) is 22.7 Å². The number of hydrogen-bond donors (Lipinski definition) is 0. The van der Waals surface area contributed by atoms with Gasteiger partial charge in [-0.2, -0.15) is 0 Å². The van der Waals surface area contributed by atoms with E-state index in [0.29, 0.717) is 0 Å². The predicted octanol–water partition coefficient (Wildman–Crippen LogP) is 20.8. The van der Waals surface area contributed by atoms with Crippen LogP contribution in [0.15, 0.2) is 236 Å². The van der Waals surface area contributed by atoms with E-state index in [1.165, 1.54) is 33.0 Å². The Hall–Kier alpha value is -10.0. The standard InChI is InChI=1S/C70H42N2O4/c1-39-25-31-53-49-15-5-9-23-63(49)75-69(53)65(39)71(59-19-11-17-51-47-13-3-7-21-61(47)73-67(51)59)45-29-27-41-35-55-56-36-42-28-30-46(34-44(42)38-58(56)57(55)37-43(41)33-45)72(60-20-12-18-52-48-14-4-8-22-62(48)74-68(52)60)66-40(2)26-32-54-50-16-6-10-24-64(50)76-70(54)66/h3-38H,1-2H3. The molecule has 0 atom stereocenters. The molecule has 0 saturated heterocycles. The first-order valence-corrected chi connectivity index (χ1v) is 25.9. The summed E-state index contributed by atoms with van der Waals surface area (Å²) in [6.07, 6.45) is 0. The smallest absolute Gasteiger partial charge is 0.159 e. The number of furan rings is 4. The molecule has 0 radical (unpaired) electrons. The molecular weight excluding hydrogens is 933 g/mol. The highest BCUT2D eigenvalue weighted by Crippen LogP contribution is 2.54. The van der Waals surface area contributed by atoms with Gasteiger partial charge in [0.15, 0.2) is 22.3 Å². The second kappa shape index (κ2) is 15.3. The van der Waals surface area contributed by atoms with Crippen LogP contribution in [0.25, 0.3) is 132 Å². The molecule has 12 aromatic carbocycles. The van der Waals surface area contributed by atoms with E-state index in [0.717, 1.165) is 144 Å². The highest BCUT2D eigenvalue weighted by molar-refractivity contribution is 6.18. The van der Waals surface area contributed by atoms with Gasteiger partial charge >= 0.3 is 0 Å². The van der Waals surface area contributed by atoms with Crippen molar-refractivity contribution < 1.29 is 17.7 Å². The zero-order chi connectivity index (χ0) is 49.9. The summed E-state index contributed by atoms with van der Waals surface area (Å²) < 4.78 is 27.2. The van der Waals surface area contributed by atoms with Crippen LogP contribution in [0.1, 0.15) is 11.1 Å². The van der Waals surface area contributed by atoms with E-state index in [-0.39, 0.29) is 0 Å². The summed E-state index contributed by atoms with van der Waals surface area (Å²) in [6.45, 7) is 4.34. The molecular formula is C70H42N2O4. The van der Waals surface area contributed by atoms with Crippen LogP contribution in [0.4, 0.5) is 34.1 Å². The van der Waals surface area contributed by atoms with Gasteiger partial charge in [0.2, 0.25) is 0 Å². The first-order chi connectivity index (χ1) is 37.5. The van der Waals surface area contributed by atoms with Gasteiger partial charge < -0.3 is 27.5 Å². The lowest BCUT2D eigenvalue weighted by Crippen LogP contribution is -2.12. The van der Waals surface area contributed by atoms with E-state index in [9.17, 15) is 0 Å². The molecule has 0 amide bonds. The van der Waals surface area contributed by atoms with Crippen molar-refractivity contribution in [1.29, 1.82) is 0 Å². The summed E-state index contributed by atoms with van der Waals surface area (Å²) >= 11 is 0. The van der Waals surface area contributed by atoms with Crippen molar-refractivity contribution in [3.8, 4) is 22.3 Å². The van der Waals surface area contributed by atoms with Gasteiger partial charge in [-0.3, -0.25) is 0 Å². The van der Waals surface area contributed by atoms with E-state index in [2.05, 4.69) is 206 Å². The normalized spacial score (nSPS) is 12.3.